The van der Waals surface area contributed by atoms with Gasteiger partial charge in [0.05, 0.1) is 12.8 Å². The number of pyridine rings is 1. The normalized spacial score (nSPS) is 13.5. The largest absolute Gasteiger partial charge is 0.476 e. The molecule has 1 saturated heterocycles. The summed E-state index contributed by atoms with van der Waals surface area (Å²) < 4.78 is 6.03. The van der Waals surface area contributed by atoms with E-state index in [0.29, 0.717) is 18.3 Å². The predicted octanol–water partition coefficient (Wildman–Crippen LogP) is 4.03. The lowest BCUT2D eigenvalue weighted by atomic mass is 10.2. The zero-order chi connectivity index (χ0) is 22.8. The lowest BCUT2D eigenvalue weighted by molar-refractivity contribution is 0.270. The molecule has 1 aliphatic rings. The Balaban J connectivity index is 1.73. The number of aryl methyl sites for hydroxylation is 1. The van der Waals surface area contributed by atoms with E-state index < -0.39 is 0 Å². The first kappa shape index (κ1) is 23.8. The van der Waals surface area contributed by atoms with Crippen LogP contribution in [0.25, 0.3) is 0 Å². The summed E-state index contributed by atoms with van der Waals surface area (Å²) in [6, 6.07) is 12.3. The third-order valence-corrected chi connectivity index (χ3v) is 5.53. The van der Waals surface area contributed by atoms with Gasteiger partial charge >= 0.3 is 0 Å². The van der Waals surface area contributed by atoms with Crippen molar-refractivity contribution in [1.82, 2.24) is 15.2 Å². The van der Waals surface area contributed by atoms with Crippen LogP contribution in [0.5, 0.6) is 5.88 Å². The van der Waals surface area contributed by atoms with Crippen molar-refractivity contribution in [2.24, 2.45) is 5.10 Å². The number of hydrogen-bond acceptors (Lipinski definition) is 6. The zero-order valence-electron chi connectivity index (χ0n) is 19.3. The highest BCUT2D eigenvalue weighted by molar-refractivity contribution is 7.80. The van der Waals surface area contributed by atoms with Crippen molar-refractivity contribution in [2.75, 3.05) is 49.7 Å². The average Bonchev–Trinajstić information content (AvgIpc) is 3.18. The molecule has 0 saturated carbocycles. The maximum absolute atomic E-state index is 6.03. The van der Waals surface area contributed by atoms with E-state index in [2.05, 4.69) is 63.5 Å². The first-order chi connectivity index (χ1) is 15.6. The van der Waals surface area contributed by atoms with Crippen LogP contribution in [0.4, 0.5) is 11.5 Å². The maximum Gasteiger partial charge on any atom is 0.217 e. The number of hydrazone groups is 1. The molecule has 0 atom stereocenters. The Labute approximate surface area is 196 Å². The van der Waals surface area contributed by atoms with Crippen molar-refractivity contribution < 1.29 is 4.74 Å². The molecule has 1 aromatic carbocycles. The van der Waals surface area contributed by atoms with Gasteiger partial charge in [0.15, 0.2) is 10.9 Å². The fourth-order valence-electron chi connectivity index (χ4n) is 3.62. The van der Waals surface area contributed by atoms with E-state index in [0.717, 1.165) is 61.9 Å². The van der Waals surface area contributed by atoms with Crippen molar-refractivity contribution in [3.8, 4) is 5.88 Å². The van der Waals surface area contributed by atoms with Gasteiger partial charge in [-0.05, 0) is 37.5 Å². The minimum Gasteiger partial charge on any atom is -0.476 e. The zero-order valence-corrected chi connectivity index (χ0v) is 20.1. The molecule has 1 fully saturated rings. The fraction of sp³-hybridized carbons (Fsp3) is 0.458. The monoisotopic (exact) mass is 454 g/mol. The molecule has 3 rings (SSSR count). The summed E-state index contributed by atoms with van der Waals surface area (Å²) in [5.74, 6) is 1.25. The summed E-state index contributed by atoms with van der Waals surface area (Å²) >= 11 is 5.31. The highest BCUT2D eigenvalue weighted by atomic mass is 32.1. The number of ether oxygens (including phenoxy) is 1. The van der Waals surface area contributed by atoms with Gasteiger partial charge in [-0.25, -0.2) is 0 Å². The van der Waals surface area contributed by atoms with Crippen LogP contribution in [0.15, 0.2) is 41.5 Å². The van der Waals surface area contributed by atoms with Gasteiger partial charge in [0, 0.05) is 44.0 Å². The van der Waals surface area contributed by atoms with E-state index in [1.807, 2.05) is 24.3 Å². The quantitative estimate of drug-likeness (QED) is 0.285. The number of nitrogens with one attached hydrogen (secondary N) is 2. The topological polar surface area (TPSA) is 65.0 Å². The summed E-state index contributed by atoms with van der Waals surface area (Å²) in [7, 11) is 0. The number of hydrogen-bond donors (Lipinski definition) is 2. The molecule has 0 unspecified atom stereocenters. The van der Waals surface area contributed by atoms with E-state index in [1.165, 1.54) is 5.56 Å². The molecule has 172 valence electrons. The molecule has 0 spiro atoms. The van der Waals surface area contributed by atoms with Crippen LogP contribution in [0.1, 0.15) is 37.8 Å². The highest BCUT2D eigenvalue weighted by Gasteiger charge is 2.16. The Morgan fingerprint density at radius 1 is 1.25 bits per heavy atom. The van der Waals surface area contributed by atoms with Crippen molar-refractivity contribution >= 4 is 35.1 Å². The lowest BCUT2D eigenvalue weighted by Crippen LogP contribution is -2.31. The highest BCUT2D eigenvalue weighted by Crippen LogP contribution is 2.24. The Bertz CT molecular complexity index is 913. The molecule has 7 nitrogen and oxygen atoms in total. The van der Waals surface area contributed by atoms with Crippen molar-refractivity contribution in [1.29, 1.82) is 0 Å². The van der Waals surface area contributed by atoms with Gasteiger partial charge in [-0.15, -0.1) is 0 Å². The molecular formula is C24H34N6OS. The maximum atomic E-state index is 6.03. The third-order valence-electron chi connectivity index (χ3n) is 5.13. The van der Waals surface area contributed by atoms with E-state index in [9.17, 15) is 0 Å². The van der Waals surface area contributed by atoms with Crippen LogP contribution in [-0.4, -0.2) is 60.5 Å². The van der Waals surface area contributed by atoms with Gasteiger partial charge in [-0.2, -0.15) is 10.1 Å². The van der Waals surface area contributed by atoms with Crippen molar-refractivity contribution in [2.45, 2.75) is 33.6 Å². The molecule has 0 radical (unpaired) electrons. The van der Waals surface area contributed by atoms with E-state index in [-0.39, 0.29) is 0 Å². The van der Waals surface area contributed by atoms with Crippen LogP contribution in [0.2, 0.25) is 0 Å². The van der Waals surface area contributed by atoms with Crippen molar-refractivity contribution in [3.05, 3.63) is 47.5 Å². The Morgan fingerprint density at radius 3 is 2.75 bits per heavy atom. The van der Waals surface area contributed by atoms with E-state index in [1.54, 1.807) is 6.21 Å². The minimum absolute atomic E-state index is 0.520. The Hall–Kier alpha value is -2.87. The van der Waals surface area contributed by atoms with E-state index >= 15 is 0 Å². The molecule has 2 N–H and O–H groups in total. The standard InChI is InChI=1S/C24H34N6OS/c1-4-10-29(11-5-2)21-16-22(28-26-18-20-8-6-7-19(3)15-20)27-23(17-21)31-14-13-30-12-9-25-24(30)32/h6-8,15-18H,4-5,9-14H2,1-3H3,(H,25,32)(H,27,28)/b26-18+. The van der Waals surface area contributed by atoms with Gasteiger partial charge in [0.1, 0.15) is 6.61 Å². The first-order valence-corrected chi connectivity index (χ1v) is 11.8. The molecule has 8 heteroatoms. The summed E-state index contributed by atoms with van der Waals surface area (Å²) in [6.07, 6.45) is 3.96. The number of nitrogens with zero attached hydrogens (tertiary/aromatic N) is 4. The number of aromatic nitrogens is 1. The molecule has 32 heavy (non-hydrogen) atoms. The molecule has 2 aromatic rings. The second-order valence-electron chi connectivity index (χ2n) is 7.89. The van der Waals surface area contributed by atoms with Gasteiger partial charge in [0.2, 0.25) is 5.88 Å². The van der Waals surface area contributed by atoms with Crippen LogP contribution in [-0.2, 0) is 0 Å². The summed E-state index contributed by atoms with van der Waals surface area (Å²) in [5.41, 5.74) is 6.41. The molecule has 1 aliphatic heterocycles. The molecule has 0 bridgehead atoms. The summed E-state index contributed by atoms with van der Waals surface area (Å²) in [6.45, 7) is 11.5. The van der Waals surface area contributed by atoms with Gasteiger partial charge in [0.25, 0.3) is 0 Å². The SMILES string of the molecule is CCCN(CCC)c1cc(N/N=C/c2cccc(C)c2)nc(OCCN2CCNC2=S)c1. The molecule has 1 aromatic heterocycles. The predicted molar refractivity (Wildman–Crippen MR) is 137 cm³/mol. The first-order valence-electron chi connectivity index (χ1n) is 11.4. The number of thiocarbonyl (C=S) groups is 1. The molecular weight excluding hydrogens is 420 g/mol. The molecule has 0 aliphatic carbocycles. The van der Waals surface area contributed by atoms with Gasteiger partial charge < -0.3 is 19.9 Å². The van der Waals surface area contributed by atoms with Crippen LogP contribution in [0, 0.1) is 6.92 Å². The summed E-state index contributed by atoms with van der Waals surface area (Å²) in [4.78, 5) is 9.11. The van der Waals surface area contributed by atoms with Crippen LogP contribution >= 0.6 is 12.2 Å². The van der Waals surface area contributed by atoms with Crippen molar-refractivity contribution in [3.63, 3.8) is 0 Å². The van der Waals surface area contributed by atoms with E-state index in [4.69, 9.17) is 17.0 Å². The fourth-order valence-corrected chi connectivity index (χ4v) is 3.91. The van der Waals surface area contributed by atoms with Gasteiger partial charge in [-0.3, -0.25) is 5.43 Å². The molecule has 0 amide bonds. The number of rotatable bonds is 12. The van der Waals surface area contributed by atoms with Crippen LogP contribution < -0.4 is 20.4 Å². The summed E-state index contributed by atoms with van der Waals surface area (Å²) in [5, 5.41) is 8.36. The molecule has 2 heterocycles. The Morgan fingerprint density at radius 2 is 2.06 bits per heavy atom. The number of benzene rings is 1. The number of anilines is 2. The van der Waals surface area contributed by atoms with Gasteiger partial charge in [-0.1, -0.05) is 43.7 Å². The van der Waals surface area contributed by atoms with Crippen LogP contribution in [0.3, 0.4) is 0 Å². The minimum atomic E-state index is 0.520. The lowest BCUT2D eigenvalue weighted by Gasteiger charge is -2.25. The third kappa shape index (κ3) is 7.09. The smallest absolute Gasteiger partial charge is 0.217 e. The average molecular weight is 455 g/mol. The Kier molecular flexibility index (Phi) is 9.10. The second-order valence-corrected chi connectivity index (χ2v) is 8.27. The second kappa shape index (κ2) is 12.2.